The van der Waals surface area contributed by atoms with Crippen molar-refractivity contribution in [2.24, 2.45) is 11.1 Å². The third kappa shape index (κ3) is 4.80. The molecule has 0 aromatic carbocycles. The van der Waals surface area contributed by atoms with E-state index in [1.54, 1.807) is 11.1 Å². The number of pyridine rings is 2. The average molecular weight is 472 g/mol. The third-order valence-electron chi connectivity index (χ3n) is 6.68. The first kappa shape index (κ1) is 22.1. The molecule has 0 saturated carbocycles. The number of hydrogen-bond acceptors (Lipinski definition) is 7. The summed E-state index contributed by atoms with van der Waals surface area (Å²) >= 11 is 0. The van der Waals surface area contributed by atoms with Gasteiger partial charge in [0.25, 0.3) is 0 Å². The van der Waals surface area contributed by atoms with Gasteiger partial charge in [-0.3, -0.25) is 14.7 Å². The van der Waals surface area contributed by atoms with E-state index in [0.29, 0.717) is 19.6 Å². The Morgan fingerprint density at radius 1 is 1.15 bits per heavy atom. The fraction of sp³-hybridized carbons (Fsp3) is 0.500. The number of nitrogens with zero attached hydrogens (tertiary/aromatic N) is 5. The van der Waals surface area contributed by atoms with Crippen molar-refractivity contribution in [1.29, 1.82) is 0 Å². The van der Waals surface area contributed by atoms with Crippen molar-refractivity contribution in [3.63, 3.8) is 0 Å². The molecule has 33 heavy (non-hydrogen) atoms. The molecule has 0 spiro atoms. The van der Waals surface area contributed by atoms with E-state index in [1.807, 2.05) is 18.5 Å². The number of piperazine rings is 1. The minimum absolute atomic E-state index is 0.0563. The Balaban J connectivity index is 1.22. The van der Waals surface area contributed by atoms with Gasteiger partial charge in [0.2, 0.25) is 15.9 Å². The second-order valence-electron chi connectivity index (χ2n) is 9.03. The van der Waals surface area contributed by atoms with Gasteiger partial charge in [-0.1, -0.05) is 0 Å². The minimum Gasteiger partial charge on any atom is -0.368 e. The molecule has 2 aliphatic heterocycles. The Morgan fingerprint density at radius 3 is 2.76 bits per heavy atom. The van der Waals surface area contributed by atoms with Gasteiger partial charge in [-0.2, -0.15) is 0 Å². The number of aromatic nitrogens is 3. The van der Waals surface area contributed by atoms with Gasteiger partial charge < -0.3 is 14.8 Å². The molecule has 3 aromatic heterocycles. The fourth-order valence-electron chi connectivity index (χ4n) is 5.09. The van der Waals surface area contributed by atoms with Crippen molar-refractivity contribution in [3.05, 3.63) is 30.7 Å². The van der Waals surface area contributed by atoms with E-state index < -0.39 is 10.0 Å². The van der Waals surface area contributed by atoms with Crippen molar-refractivity contribution < 1.29 is 13.2 Å². The Bertz CT molecular complexity index is 1270. The molecule has 2 aliphatic rings. The van der Waals surface area contributed by atoms with Crippen LogP contribution in [0.15, 0.2) is 30.7 Å². The lowest BCUT2D eigenvalue weighted by Gasteiger charge is -2.38. The van der Waals surface area contributed by atoms with E-state index in [4.69, 9.17) is 5.14 Å². The summed E-state index contributed by atoms with van der Waals surface area (Å²) in [7, 11) is -3.52. The number of sulfonamides is 1. The maximum Gasteiger partial charge on any atom is 0.236 e. The van der Waals surface area contributed by atoms with Crippen LogP contribution in [0.5, 0.6) is 0 Å². The SMILES string of the molecule is NS(=O)(=O)CC1CCCN(C(=O)CN2CCN(c3ccnc4cnc5[nH]ccc5c34)CC2)C1. The van der Waals surface area contributed by atoms with Crippen molar-refractivity contribution in [3.8, 4) is 0 Å². The Hall–Kier alpha value is -2.76. The first-order valence-electron chi connectivity index (χ1n) is 11.3. The molecule has 2 saturated heterocycles. The number of anilines is 1. The number of primary sulfonamides is 1. The fourth-order valence-corrected chi connectivity index (χ4v) is 6.02. The van der Waals surface area contributed by atoms with Gasteiger partial charge in [0.05, 0.1) is 24.0 Å². The smallest absolute Gasteiger partial charge is 0.236 e. The number of carbonyl (C=O) groups excluding carboxylic acids is 1. The molecule has 0 aliphatic carbocycles. The third-order valence-corrected chi connectivity index (χ3v) is 7.62. The predicted octanol–water partition coefficient (Wildman–Crippen LogP) is 0.760. The van der Waals surface area contributed by atoms with Crippen LogP contribution in [0, 0.1) is 5.92 Å². The number of aromatic amines is 1. The molecule has 1 unspecified atom stereocenters. The summed E-state index contributed by atoms with van der Waals surface area (Å²) < 4.78 is 22.9. The highest BCUT2D eigenvalue weighted by atomic mass is 32.2. The topological polar surface area (TPSA) is 129 Å². The van der Waals surface area contributed by atoms with Crippen LogP contribution in [0.3, 0.4) is 0 Å². The first-order chi connectivity index (χ1) is 15.9. The molecule has 5 heterocycles. The van der Waals surface area contributed by atoms with Crippen LogP contribution >= 0.6 is 0 Å². The Morgan fingerprint density at radius 2 is 1.97 bits per heavy atom. The van der Waals surface area contributed by atoms with Gasteiger partial charge in [-0.25, -0.2) is 18.5 Å². The van der Waals surface area contributed by atoms with Gasteiger partial charge in [0.15, 0.2) is 0 Å². The molecule has 0 radical (unpaired) electrons. The van der Waals surface area contributed by atoms with Gasteiger partial charge in [-0.05, 0) is 30.9 Å². The summed E-state index contributed by atoms with van der Waals surface area (Å²) in [6.45, 7) is 4.71. The molecule has 3 aromatic rings. The quantitative estimate of drug-likeness (QED) is 0.562. The molecule has 10 nitrogen and oxygen atoms in total. The molecule has 5 rings (SSSR count). The summed E-state index contributed by atoms with van der Waals surface area (Å²) in [6.07, 6.45) is 7.13. The molecule has 11 heteroatoms. The molecular formula is C22H29N7O3S. The number of rotatable bonds is 5. The maximum absolute atomic E-state index is 12.9. The normalized spacial score (nSPS) is 20.6. The van der Waals surface area contributed by atoms with Crippen LogP contribution in [-0.2, 0) is 14.8 Å². The lowest BCUT2D eigenvalue weighted by atomic mass is 10.00. The van der Waals surface area contributed by atoms with Crippen molar-refractivity contribution in [2.45, 2.75) is 12.8 Å². The lowest BCUT2D eigenvalue weighted by molar-refractivity contribution is -0.134. The molecular weight excluding hydrogens is 442 g/mol. The Kier molecular flexibility index (Phi) is 5.94. The highest BCUT2D eigenvalue weighted by Crippen LogP contribution is 2.31. The minimum atomic E-state index is -3.52. The zero-order chi connectivity index (χ0) is 23.0. The maximum atomic E-state index is 12.9. The lowest BCUT2D eigenvalue weighted by Crippen LogP contribution is -2.51. The van der Waals surface area contributed by atoms with Gasteiger partial charge in [0, 0.05) is 68.1 Å². The molecule has 1 amide bonds. The van der Waals surface area contributed by atoms with E-state index >= 15 is 0 Å². The zero-order valence-corrected chi connectivity index (χ0v) is 19.3. The van der Waals surface area contributed by atoms with Crippen LogP contribution < -0.4 is 10.0 Å². The number of hydrogen-bond donors (Lipinski definition) is 2. The second kappa shape index (κ2) is 8.88. The van der Waals surface area contributed by atoms with E-state index in [-0.39, 0.29) is 17.6 Å². The van der Waals surface area contributed by atoms with E-state index in [0.717, 1.165) is 66.6 Å². The van der Waals surface area contributed by atoms with Gasteiger partial charge in [0.1, 0.15) is 5.65 Å². The van der Waals surface area contributed by atoms with Crippen LogP contribution in [0.25, 0.3) is 21.9 Å². The van der Waals surface area contributed by atoms with Gasteiger partial charge in [-0.15, -0.1) is 0 Å². The van der Waals surface area contributed by atoms with Crippen LogP contribution in [0.2, 0.25) is 0 Å². The number of likely N-dealkylation sites (tertiary alicyclic amines) is 1. The first-order valence-corrected chi connectivity index (χ1v) is 13.1. The monoisotopic (exact) mass is 471 g/mol. The van der Waals surface area contributed by atoms with Crippen LogP contribution in [0.4, 0.5) is 5.69 Å². The summed E-state index contributed by atoms with van der Waals surface area (Å²) in [6, 6.07) is 4.08. The second-order valence-corrected chi connectivity index (χ2v) is 10.7. The number of nitrogens with two attached hydrogens (primary N) is 1. The molecule has 2 fully saturated rings. The highest BCUT2D eigenvalue weighted by molar-refractivity contribution is 7.89. The van der Waals surface area contributed by atoms with E-state index in [2.05, 4.69) is 30.8 Å². The molecule has 176 valence electrons. The number of carbonyl (C=O) groups is 1. The van der Waals surface area contributed by atoms with E-state index in [9.17, 15) is 13.2 Å². The Labute approximate surface area is 192 Å². The molecule has 1 atom stereocenters. The van der Waals surface area contributed by atoms with Gasteiger partial charge >= 0.3 is 0 Å². The number of fused-ring (bicyclic) bond motifs is 3. The number of amides is 1. The van der Waals surface area contributed by atoms with Crippen molar-refractivity contribution >= 4 is 43.6 Å². The number of nitrogens with one attached hydrogen (secondary N) is 1. The summed E-state index contributed by atoms with van der Waals surface area (Å²) in [5, 5.41) is 7.37. The largest absolute Gasteiger partial charge is 0.368 e. The average Bonchev–Trinajstić information content (AvgIpc) is 3.27. The number of piperidine rings is 1. The van der Waals surface area contributed by atoms with Crippen LogP contribution in [-0.4, -0.2) is 90.6 Å². The summed E-state index contributed by atoms with van der Waals surface area (Å²) in [4.78, 5) is 31.3. The van der Waals surface area contributed by atoms with Crippen LogP contribution in [0.1, 0.15) is 12.8 Å². The number of H-pyrrole nitrogens is 1. The van der Waals surface area contributed by atoms with E-state index in [1.165, 1.54) is 0 Å². The van der Waals surface area contributed by atoms with Crippen molar-refractivity contribution in [2.75, 3.05) is 56.5 Å². The standard InChI is InChI=1S/C22H29N7O3S/c23-33(31,32)15-16-2-1-7-29(13-16)20(30)14-27-8-10-28(11-9-27)19-4-6-24-18-12-26-22-17(21(18)19)3-5-25-22/h3-6,12,16H,1-2,7-11,13-15H2,(H,25,26)(H2,23,31,32). The zero-order valence-electron chi connectivity index (χ0n) is 18.5. The molecule has 3 N–H and O–H groups in total. The van der Waals surface area contributed by atoms with Crippen molar-refractivity contribution in [1.82, 2.24) is 24.8 Å². The summed E-state index contributed by atoms with van der Waals surface area (Å²) in [5.74, 6) is -0.0643. The predicted molar refractivity (Wildman–Crippen MR) is 127 cm³/mol. The summed E-state index contributed by atoms with van der Waals surface area (Å²) in [5.41, 5.74) is 2.86. The molecule has 0 bridgehead atoms. The highest BCUT2D eigenvalue weighted by Gasteiger charge is 2.28.